The fourth-order valence-electron chi connectivity index (χ4n) is 5.24. The molecule has 0 unspecified atom stereocenters. The highest BCUT2D eigenvalue weighted by atomic mass is 32.1. The van der Waals surface area contributed by atoms with Gasteiger partial charge in [0, 0.05) is 63.0 Å². The maximum absolute atomic E-state index is 13.2. The average Bonchev–Trinajstić information content (AvgIpc) is 3.20. The van der Waals surface area contributed by atoms with Crippen LogP contribution in [0.2, 0.25) is 0 Å². The molecule has 5 rings (SSSR count). The van der Waals surface area contributed by atoms with E-state index < -0.39 is 0 Å². The van der Waals surface area contributed by atoms with Crippen LogP contribution in [0.3, 0.4) is 0 Å². The Labute approximate surface area is 181 Å². The van der Waals surface area contributed by atoms with Gasteiger partial charge >= 0.3 is 0 Å². The summed E-state index contributed by atoms with van der Waals surface area (Å²) in [5, 5.41) is 2.11. The first-order valence-corrected chi connectivity index (χ1v) is 11.8. The molecule has 2 saturated heterocycles. The summed E-state index contributed by atoms with van der Waals surface area (Å²) >= 11 is 1.54. The van der Waals surface area contributed by atoms with Crippen LogP contribution >= 0.6 is 11.3 Å². The highest BCUT2D eigenvalue weighted by Crippen LogP contribution is 2.36. The number of ether oxygens (including phenoxy) is 1. The number of morpholine rings is 1. The maximum Gasteiger partial charge on any atom is 0.255 e. The smallest absolute Gasteiger partial charge is 0.255 e. The second-order valence-electron chi connectivity index (χ2n) is 8.96. The quantitative estimate of drug-likeness (QED) is 0.687. The summed E-state index contributed by atoms with van der Waals surface area (Å²) in [6.07, 6.45) is 1.17. The number of Topliss-reactive ketones (excluding diaryl/α,β-unsaturated/α-hetero) is 1. The summed E-state index contributed by atoms with van der Waals surface area (Å²) in [7, 11) is 0. The molecule has 5 heterocycles. The Morgan fingerprint density at radius 2 is 1.97 bits per heavy atom. The van der Waals surface area contributed by atoms with Crippen molar-refractivity contribution in [2.75, 3.05) is 39.4 Å². The molecule has 7 heteroatoms. The standard InChI is InChI=1S/C23H29N3O3S/c1-16(27)22-9-18(15-30-22)11-25-10-17-8-20(14-25)21-3-2-19(23(28)26(21)12-17)13-24-4-6-29-7-5-24/h2-3,9,15,17,20H,4-8,10-14H2,1H3/t17-,20+/m0/s1. The van der Waals surface area contributed by atoms with Crippen molar-refractivity contribution < 1.29 is 9.53 Å². The van der Waals surface area contributed by atoms with E-state index >= 15 is 0 Å². The van der Waals surface area contributed by atoms with Gasteiger partial charge in [0.2, 0.25) is 0 Å². The number of carbonyl (C=O) groups is 1. The van der Waals surface area contributed by atoms with Gasteiger partial charge in [-0.2, -0.15) is 0 Å². The molecular formula is C23H29N3O3S. The van der Waals surface area contributed by atoms with Crippen LogP contribution in [0.15, 0.2) is 28.4 Å². The first-order chi connectivity index (χ1) is 14.6. The maximum atomic E-state index is 13.2. The molecule has 2 aromatic rings. The Morgan fingerprint density at radius 3 is 2.73 bits per heavy atom. The molecule has 3 aliphatic heterocycles. The number of fused-ring (bicyclic) bond motifs is 4. The van der Waals surface area contributed by atoms with Crippen LogP contribution in [0, 0.1) is 5.92 Å². The predicted octanol–water partition coefficient (Wildman–Crippen LogP) is 2.56. The molecule has 160 valence electrons. The van der Waals surface area contributed by atoms with E-state index in [0.29, 0.717) is 11.8 Å². The Morgan fingerprint density at radius 1 is 1.13 bits per heavy atom. The van der Waals surface area contributed by atoms with Crippen molar-refractivity contribution in [2.24, 2.45) is 5.92 Å². The topological polar surface area (TPSA) is 54.8 Å². The van der Waals surface area contributed by atoms with Gasteiger partial charge in [-0.05, 0) is 42.3 Å². The number of aromatic nitrogens is 1. The largest absolute Gasteiger partial charge is 0.379 e. The first-order valence-electron chi connectivity index (χ1n) is 10.9. The number of hydrogen-bond donors (Lipinski definition) is 0. The summed E-state index contributed by atoms with van der Waals surface area (Å²) in [6, 6.07) is 6.29. The summed E-state index contributed by atoms with van der Waals surface area (Å²) in [4.78, 5) is 30.5. The minimum Gasteiger partial charge on any atom is -0.379 e. The average molecular weight is 428 g/mol. The number of nitrogens with zero attached hydrogens (tertiary/aromatic N) is 3. The molecular weight excluding hydrogens is 398 g/mol. The molecule has 30 heavy (non-hydrogen) atoms. The zero-order chi connectivity index (χ0) is 20.7. The van der Waals surface area contributed by atoms with E-state index in [1.54, 1.807) is 18.3 Å². The molecule has 6 nitrogen and oxygen atoms in total. The number of likely N-dealkylation sites (tertiary alicyclic amines) is 1. The van der Waals surface area contributed by atoms with Crippen LogP contribution < -0.4 is 5.56 Å². The van der Waals surface area contributed by atoms with Crippen molar-refractivity contribution >= 4 is 17.1 Å². The van der Waals surface area contributed by atoms with Gasteiger partial charge in [-0.3, -0.25) is 19.4 Å². The third-order valence-electron chi connectivity index (χ3n) is 6.66. The monoisotopic (exact) mass is 427 g/mol. The van der Waals surface area contributed by atoms with Gasteiger partial charge in [0.25, 0.3) is 5.56 Å². The number of piperidine rings is 1. The molecule has 0 aromatic carbocycles. The SMILES string of the molecule is CC(=O)c1cc(CN2C[C@@H]3C[C@H](C2)c2ccc(CN4CCOCC4)c(=O)n2C3)cs1. The van der Waals surface area contributed by atoms with Crippen molar-refractivity contribution in [2.45, 2.75) is 38.9 Å². The fraction of sp³-hybridized carbons (Fsp3) is 0.565. The lowest BCUT2D eigenvalue weighted by molar-refractivity contribution is 0.0338. The van der Waals surface area contributed by atoms with Crippen molar-refractivity contribution in [3.05, 3.63) is 55.6 Å². The second kappa shape index (κ2) is 8.38. The van der Waals surface area contributed by atoms with E-state index in [4.69, 9.17) is 4.74 Å². The molecule has 0 radical (unpaired) electrons. The number of hydrogen-bond acceptors (Lipinski definition) is 6. The summed E-state index contributed by atoms with van der Waals surface area (Å²) in [5.74, 6) is 1.06. The van der Waals surface area contributed by atoms with Gasteiger partial charge in [0.1, 0.15) is 0 Å². The van der Waals surface area contributed by atoms with Gasteiger partial charge < -0.3 is 9.30 Å². The van der Waals surface area contributed by atoms with E-state index in [9.17, 15) is 9.59 Å². The molecule has 3 aliphatic rings. The molecule has 2 bridgehead atoms. The lowest BCUT2D eigenvalue weighted by atomic mass is 9.83. The molecule has 0 aliphatic carbocycles. The lowest BCUT2D eigenvalue weighted by Crippen LogP contribution is -2.47. The fourth-order valence-corrected chi connectivity index (χ4v) is 6.05. The Balaban J connectivity index is 1.31. The van der Waals surface area contributed by atoms with Crippen LogP contribution in [0.25, 0.3) is 0 Å². The summed E-state index contributed by atoms with van der Waals surface area (Å²) in [6.45, 7) is 9.35. The molecule has 0 N–H and O–H groups in total. The number of ketones is 1. The first kappa shape index (κ1) is 20.1. The molecule has 2 atom stereocenters. The molecule has 0 amide bonds. The predicted molar refractivity (Wildman–Crippen MR) is 117 cm³/mol. The van der Waals surface area contributed by atoms with Gasteiger partial charge in [0.05, 0.1) is 18.1 Å². The van der Waals surface area contributed by atoms with E-state index in [0.717, 1.165) is 69.5 Å². The van der Waals surface area contributed by atoms with Gasteiger partial charge in [-0.15, -0.1) is 11.3 Å². The highest BCUT2D eigenvalue weighted by Gasteiger charge is 2.35. The van der Waals surface area contributed by atoms with E-state index in [1.807, 2.05) is 6.07 Å². The van der Waals surface area contributed by atoms with Crippen molar-refractivity contribution in [1.82, 2.24) is 14.4 Å². The van der Waals surface area contributed by atoms with Crippen LogP contribution in [0.4, 0.5) is 0 Å². The second-order valence-corrected chi connectivity index (χ2v) is 9.87. The molecule has 2 aromatic heterocycles. The third-order valence-corrected chi connectivity index (χ3v) is 7.74. The minimum absolute atomic E-state index is 0.142. The number of thiophene rings is 1. The molecule has 0 saturated carbocycles. The van der Waals surface area contributed by atoms with Crippen LogP contribution in [-0.2, 0) is 24.4 Å². The van der Waals surface area contributed by atoms with Crippen molar-refractivity contribution in [1.29, 1.82) is 0 Å². The Kier molecular flexibility index (Phi) is 5.62. The Bertz CT molecular complexity index is 992. The zero-order valence-electron chi connectivity index (χ0n) is 17.5. The van der Waals surface area contributed by atoms with Crippen LogP contribution in [0.1, 0.15) is 45.8 Å². The Hall–Kier alpha value is -1.80. The van der Waals surface area contributed by atoms with E-state index in [1.165, 1.54) is 17.7 Å². The van der Waals surface area contributed by atoms with Gasteiger partial charge in [-0.1, -0.05) is 6.07 Å². The van der Waals surface area contributed by atoms with Crippen molar-refractivity contribution in [3.63, 3.8) is 0 Å². The summed E-state index contributed by atoms with van der Waals surface area (Å²) < 4.78 is 7.49. The van der Waals surface area contributed by atoms with Gasteiger partial charge in [0.15, 0.2) is 5.78 Å². The van der Waals surface area contributed by atoms with Crippen molar-refractivity contribution in [3.8, 4) is 0 Å². The van der Waals surface area contributed by atoms with E-state index in [-0.39, 0.29) is 11.3 Å². The molecule has 0 spiro atoms. The van der Waals surface area contributed by atoms with E-state index in [2.05, 4.69) is 31.9 Å². The van der Waals surface area contributed by atoms with Crippen LogP contribution in [-0.4, -0.2) is 59.5 Å². The van der Waals surface area contributed by atoms with Gasteiger partial charge in [-0.25, -0.2) is 0 Å². The summed E-state index contributed by atoms with van der Waals surface area (Å²) in [5.41, 5.74) is 3.53. The normalized spacial score (nSPS) is 24.6. The highest BCUT2D eigenvalue weighted by molar-refractivity contribution is 7.12. The minimum atomic E-state index is 0.142. The number of pyridine rings is 1. The van der Waals surface area contributed by atoms with Crippen LogP contribution in [0.5, 0.6) is 0 Å². The number of rotatable bonds is 5. The lowest BCUT2D eigenvalue weighted by Gasteiger charge is -2.43. The molecule has 2 fully saturated rings. The number of carbonyl (C=O) groups excluding carboxylic acids is 1. The zero-order valence-corrected chi connectivity index (χ0v) is 18.3. The third kappa shape index (κ3) is 4.04.